The van der Waals surface area contributed by atoms with Crippen molar-refractivity contribution in [3.05, 3.63) is 0 Å². The van der Waals surface area contributed by atoms with E-state index < -0.39 is 0 Å². The van der Waals surface area contributed by atoms with Gasteiger partial charge in [0.25, 0.3) is 0 Å². The second-order valence-electron chi connectivity index (χ2n) is 1.77. The Kier molecular flexibility index (Phi) is 7.77. The summed E-state index contributed by atoms with van der Waals surface area (Å²) in [4.78, 5) is 0. The van der Waals surface area contributed by atoms with Crippen LogP contribution in [0.2, 0.25) is 0 Å². The Morgan fingerprint density at radius 3 is 2.78 bits per heavy atom. The van der Waals surface area contributed by atoms with Crippen LogP contribution < -0.4 is 5.32 Å². The fourth-order valence-corrected chi connectivity index (χ4v) is 0.493. The van der Waals surface area contributed by atoms with Gasteiger partial charge in [0.05, 0.1) is 6.61 Å². The smallest absolute Gasteiger partial charge is 0.146 e. The Morgan fingerprint density at radius 1 is 1.44 bits per heavy atom. The maximum absolute atomic E-state index is 5.02. The molecule has 0 atom stereocenters. The van der Waals surface area contributed by atoms with Gasteiger partial charge in [-0.05, 0) is 20.0 Å². The summed E-state index contributed by atoms with van der Waals surface area (Å²) in [6.45, 7) is 2.18. The van der Waals surface area contributed by atoms with E-state index in [1.807, 2.05) is 7.05 Å². The third-order valence-electron chi connectivity index (χ3n) is 0.917. The molecular weight excluding hydrogens is 118 g/mol. The third kappa shape index (κ3) is 7.88. The predicted octanol–water partition coefficient (Wildman–Crippen LogP) is 0.216. The van der Waals surface area contributed by atoms with Crippen LogP contribution in [0.15, 0.2) is 0 Å². The van der Waals surface area contributed by atoms with E-state index in [0.717, 1.165) is 19.6 Å². The molecule has 0 unspecified atom stereocenters. The number of methoxy groups -OCH3 is 1. The minimum absolute atomic E-state index is 0.406. The summed E-state index contributed by atoms with van der Waals surface area (Å²) in [7, 11) is 3.55. The van der Waals surface area contributed by atoms with Gasteiger partial charge in [0, 0.05) is 7.11 Å². The molecule has 0 aromatic rings. The molecule has 1 N–H and O–H groups in total. The van der Waals surface area contributed by atoms with Gasteiger partial charge >= 0.3 is 0 Å². The van der Waals surface area contributed by atoms with Crippen molar-refractivity contribution in [2.75, 3.05) is 34.1 Å². The lowest BCUT2D eigenvalue weighted by Gasteiger charge is -2.00. The van der Waals surface area contributed by atoms with Crippen molar-refractivity contribution >= 4 is 0 Å². The third-order valence-corrected chi connectivity index (χ3v) is 0.917. The molecule has 0 aromatic heterocycles. The van der Waals surface area contributed by atoms with Crippen LogP contribution in [-0.4, -0.2) is 34.1 Å². The maximum Gasteiger partial charge on any atom is 0.146 e. The summed E-state index contributed by atoms with van der Waals surface area (Å²) in [6.07, 6.45) is 1.04. The molecule has 56 valence electrons. The summed E-state index contributed by atoms with van der Waals surface area (Å²) in [5, 5.41) is 3.02. The Labute approximate surface area is 56.3 Å². The van der Waals surface area contributed by atoms with Crippen LogP contribution in [0.25, 0.3) is 0 Å². The van der Waals surface area contributed by atoms with Gasteiger partial charge in [0.1, 0.15) is 6.79 Å². The lowest BCUT2D eigenvalue weighted by molar-refractivity contribution is -0.0308. The zero-order chi connectivity index (χ0) is 6.95. The van der Waals surface area contributed by atoms with E-state index in [9.17, 15) is 0 Å². The van der Waals surface area contributed by atoms with Crippen LogP contribution in [-0.2, 0) is 9.47 Å². The summed E-state index contributed by atoms with van der Waals surface area (Å²) >= 11 is 0. The van der Waals surface area contributed by atoms with Crippen LogP contribution in [0.4, 0.5) is 0 Å². The molecule has 0 spiro atoms. The molecule has 0 aliphatic heterocycles. The SMILES string of the molecule is CNCCCOCOC. The average molecular weight is 133 g/mol. The normalized spacial score (nSPS) is 10.0. The van der Waals surface area contributed by atoms with Gasteiger partial charge in [-0.3, -0.25) is 0 Å². The van der Waals surface area contributed by atoms with Gasteiger partial charge in [-0.1, -0.05) is 0 Å². The molecule has 0 aliphatic carbocycles. The number of rotatable bonds is 6. The number of hydrogen-bond acceptors (Lipinski definition) is 3. The van der Waals surface area contributed by atoms with Crippen molar-refractivity contribution in [3.8, 4) is 0 Å². The highest BCUT2D eigenvalue weighted by Gasteiger charge is 1.83. The molecule has 0 heterocycles. The molecule has 0 bridgehead atoms. The number of hydrogen-bond donors (Lipinski definition) is 1. The Bertz CT molecular complexity index is 44.3. The van der Waals surface area contributed by atoms with Crippen LogP contribution >= 0.6 is 0 Å². The van der Waals surface area contributed by atoms with E-state index in [4.69, 9.17) is 4.74 Å². The minimum Gasteiger partial charge on any atom is -0.359 e. The Morgan fingerprint density at radius 2 is 2.22 bits per heavy atom. The summed E-state index contributed by atoms with van der Waals surface area (Å²) in [5.41, 5.74) is 0. The first kappa shape index (κ1) is 8.88. The van der Waals surface area contributed by atoms with Gasteiger partial charge in [-0.25, -0.2) is 0 Å². The lowest BCUT2D eigenvalue weighted by atomic mass is 10.5. The zero-order valence-electron chi connectivity index (χ0n) is 6.14. The van der Waals surface area contributed by atoms with Crippen LogP contribution in [0.5, 0.6) is 0 Å². The topological polar surface area (TPSA) is 30.5 Å². The quantitative estimate of drug-likeness (QED) is 0.415. The predicted molar refractivity (Wildman–Crippen MR) is 36.4 cm³/mol. The van der Waals surface area contributed by atoms with Crippen molar-refractivity contribution in [2.24, 2.45) is 0 Å². The first-order valence-electron chi connectivity index (χ1n) is 3.13. The number of ether oxygens (including phenoxy) is 2. The molecule has 0 aromatic carbocycles. The highest BCUT2D eigenvalue weighted by atomic mass is 16.7. The lowest BCUT2D eigenvalue weighted by Crippen LogP contribution is -2.10. The maximum atomic E-state index is 5.02. The first-order chi connectivity index (χ1) is 4.41. The van der Waals surface area contributed by atoms with Gasteiger partial charge in [0.2, 0.25) is 0 Å². The van der Waals surface area contributed by atoms with E-state index in [1.54, 1.807) is 7.11 Å². The van der Waals surface area contributed by atoms with Crippen LogP contribution in [0.1, 0.15) is 6.42 Å². The van der Waals surface area contributed by atoms with Crippen LogP contribution in [0.3, 0.4) is 0 Å². The van der Waals surface area contributed by atoms with E-state index >= 15 is 0 Å². The molecule has 0 rings (SSSR count). The molecule has 0 radical (unpaired) electrons. The fraction of sp³-hybridized carbons (Fsp3) is 1.00. The summed E-state index contributed by atoms with van der Waals surface area (Å²) in [6, 6.07) is 0. The highest BCUT2D eigenvalue weighted by Crippen LogP contribution is 1.79. The van der Waals surface area contributed by atoms with E-state index in [-0.39, 0.29) is 0 Å². The van der Waals surface area contributed by atoms with Gasteiger partial charge in [-0.2, -0.15) is 0 Å². The molecule has 0 amide bonds. The van der Waals surface area contributed by atoms with Crippen molar-refractivity contribution in [2.45, 2.75) is 6.42 Å². The van der Waals surface area contributed by atoms with Gasteiger partial charge in [0.15, 0.2) is 0 Å². The minimum atomic E-state index is 0.406. The first-order valence-corrected chi connectivity index (χ1v) is 3.13. The van der Waals surface area contributed by atoms with E-state index in [1.165, 1.54) is 0 Å². The van der Waals surface area contributed by atoms with Crippen LogP contribution in [0, 0.1) is 0 Å². The zero-order valence-corrected chi connectivity index (χ0v) is 6.14. The molecule has 3 heteroatoms. The van der Waals surface area contributed by atoms with Gasteiger partial charge in [-0.15, -0.1) is 0 Å². The molecule has 3 nitrogen and oxygen atoms in total. The monoisotopic (exact) mass is 133 g/mol. The summed E-state index contributed by atoms with van der Waals surface area (Å²) in [5.74, 6) is 0. The molecule has 0 fully saturated rings. The second-order valence-corrected chi connectivity index (χ2v) is 1.77. The fourth-order valence-electron chi connectivity index (χ4n) is 0.493. The average Bonchev–Trinajstić information content (AvgIpc) is 1.89. The van der Waals surface area contributed by atoms with E-state index in [2.05, 4.69) is 10.1 Å². The molecule has 0 saturated carbocycles. The Hall–Kier alpha value is -0.120. The summed E-state index contributed by atoms with van der Waals surface area (Å²) < 4.78 is 9.70. The highest BCUT2D eigenvalue weighted by molar-refractivity contribution is 4.37. The van der Waals surface area contributed by atoms with Gasteiger partial charge < -0.3 is 14.8 Å². The molecule has 0 saturated heterocycles. The van der Waals surface area contributed by atoms with E-state index in [0.29, 0.717) is 6.79 Å². The molecular formula is C6H15NO2. The second kappa shape index (κ2) is 7.88. The van der Waals surface area contributed by atoms with Crippen molar-refractivity contribution < 1.29 is 9.47 Å². The van der Waals surface area contributed by atoms with Crippen molar-refractivity contribution in [1.82, 2.24) is 5.32 Å². The molecule has 9 heavy (non-hydrogen) atoms. The number of nitrogens with one attached hydrogen (secondary N) is 1. The Balaban J connectivity index is 2.60. The van der Waals surface area contributed by atoms with Crippen molar-refractivity contribution in [3.63, 3.8) is 0 Å². The molecule has 0 aliphatic rings. The van der Waals surface area contributed by atoms with Crippen molar-refractivity contribution in [1.29, 1.82) is 0 Å². The standard InChI is InChI=1S/C6H15NO2/c1-7-4-3-5-9-6-8-2/h7H,3-6H2,1-2H3. The largest absolute Gasteiger partial charge is 0.359 e.